The number of alkyl halides is 1. The van der Waals surface area contributed by atoms with Crippen LogP contribution in [-0.2, 0) is 0 Å². The zero-order valence-electron chi connectivity index (χ0n) is 6.50. The molecule has 1 rings (SSSR count). The van der Waals surface area contributed by atoms with Crippen molar-refractivity contribution in [3.05, 3.63) is 29.8 Å². The Labute approximate surface area is 76.3 Å². The number of benzene rings is 1. The van der Waals surface area contributed by atoms with Gasteiger partial charge < -0.3 is 10.8 Å². The molecule has 0 unspecified atom stereocenters. The lowest BCUT2D eigenvalue weighted by atomic mass is 10.1. The van der Waals surface area contributed by atoms with Crippen LogP contribution in [0.5, 0.6) is 5.75 Å². The van der Waals surface area contributed by atoms with E-state index >= 15 is 0 Å². The van der Waals surface area contributed by atoms with Gasteiger partial charge in [-0.3, -0.25) is 0 Å². The Morgan fingerprint density at radius 3 is 2.83 bits per heavy atom. The van der Waals surface area contributed by atoms with Gasteiger partial charge in [-0.1, -0.05) is 12.2 Å². The summed E-state index contributed by atoms with van der Waals surface area (Å²) in [6, 6.07) is 4.84. The number of phenols is 1. The molecule has 0 fully saturated rings. The first-order valence-corrected chi connectivity index (χ1v) is 4.08. The van der Waals surface area contributed by atoms with Crippen LogP contribution >= 0.6 is 11.6 Å². The Morgan fingerprint density at radius 2 is 2.25 bits per heavy atom. The number of phenolic OH excluding ortho intramolecular Hbond substituents is 1. The van der Waals surface area contributed by atoms with Crippen molar-refractivity contribution in [2.75, 3.05) is 11.6 Å². The summed E-state index contributed by atoms with van der Waals surface area (Å²) in [5.74, 6) is 0.635. The lowest BCUT2D eigenvalue weighted by molar-refractivity contribution is 0.475. The molecule has 0 aromatic heterocycles. The van der Waals surface area contributed by atoms with E-state index < -0.39 is 0 Å². The fraction of sp³-hybridized carbons (Fsp3) is 0.111. The highest BCUT2D eigenvalue weighted by Crippen LogP contribution is 2.19. The highest BCUT2D eigenvalue weighted by Gasteiger charge is 1.94. The molecule has 0 bridgehead atoms. The van der Waals surface area contributed by atoms with Gasteiger partial charge in [-0.2, -0.15) is 0 Å². The number of aromatic hydroxyl groups is 1. The first-order valence-electron chi connectivity index (χ1n) is 3.55. The molecule has 0 saturated carbocycles. The van der Waals surface area contributed by atoms with Crippen molar-refractivity contribution in [3.63, 3.8) is 0 Å². The monoisotopic (exact) mass is 183 g/mol. The van der Waals surface area contributed by atoms with E-state index in [0.717, 1.165) is 5.56 Å². The van der Waals surface area contributed by atoms with Crippen LogP contribution in [0.2, 0.25) is 0 Å². The smallest absolute Gasteiger partial charge is 0.117 e. The van der Waals surface area contributed by atoms with Crippen LogP contribution in [0.1, 0.15) is 5.56 Å². The molecule has 3 N–H and O–H groups in total. The fourth-order valence-electron chi connectivity index (χ4n) is 0.885. The van der Waals surface area contributed by atoms with Crippen LogP contribution < -0.4 is 5.73 Å². The second-order valence-electron chi connectivity index (χ2n) is 2.37. The molecule has 2 nitrogen and oxygen atoms in total. The predicted molar refractivity (Wildman–Crippen MR) is 52.3 cm³/mol. The average molecular weight is 184 g/mol. The zero-order chi connectivity index (χ0) is 8.97. The maximum Gasteiger partial charge on any atom is 0.117 e. The van der Waals surface area contributed by atoms with Crippen molar-refractivity contribution in [2.45, 2.75) is 0 Å². The number of anilines is 1. The van der Waals surface area contributed by atoms with E-state index in [0.29, 0.717) is 11.6 Å². The number of rotatable bonds is 2. The third kappa shape index (κ3) is 2.17. The van der Waals surface area contributed by atoms with Crippen LogP contribution in [0.15, 0.2) is 24.3 Å². The highest BCUT2D eigenvalue weighted by atomic mass is 35.5. The van der Waals surface area contributed by atoms with Gasteiger partial charge in [-0.25, -0.2) is 0 Å². The third-order valence-electron chi connectivity index (χ3n) is 1.46. The highest BCUT2D eigenvalue weighted by molar-refractivity contribution is 6.19. The largest absolute Gasteiger partial charge is 0.508 e. The molecular formula is C9H10ClNO. The van der Waals surface area contributed by atoms with E-state index in [1.54, 1.807) is 18.2 Å². The van der Waals surface area contributed by atoms with Gasteiger partial charge in [0.2, 0.25) is 0 Å². The van der Waals surface area contributed by atoms with Gasteiger partial charge in [0.15, 0.2) is 0 Å². The third-order valence-corrected chi connectivity index (χ3v) is 1.64. The van der Waals surface area contributed by atoms with Crippen molar-refractivity contribution < 1.29 is 5.11 Å². The maximum atomic E-state index is 9.03. The minimum absolute atomic E-state index is 0.176. The van der Waals surface area contributed by atoms with E-state index in [4.69, 9.17) is 22.4 Å². The average Bonchev–Trinajstić information content (AvgIpc) is 2.03. The summed E-state index contributed by atoms with van der Waals surface area (Å²) >= 11 is 5.46. The normalized spacial score (nSPS) is 10.8. The Hall–Kier alpha value is -1.15. The van der Waals surface area contributed by atoms with Crippen molar-refractivity contribution in [1.82, 2.24) is 0 Å². The molecule has 0 atom stereocenters. The van der Waals surface area contributed by atoms with Gasteiger partial charge >= 0.3 is 0 Å². The Morgan fingerprint density at radius 1 is 1.50 bits per heavy atom. The van der Waals surface area contributed by atoms with Gasteiger partial charge in [-0.05, 0) is 17.7 Å². The lowest BCUT2D eigenvalue weighted by Crippen LogP contribution is -1.87. The van der Waals surface area contributed by atoms with E-state index in [1.807, 2.05) is 6.08 Å². The maximum absolute atomic E-state index is 9.03. The molecule has 1 aromatic rings. The molecule has 0 amide bonds. The molecular weight excluding hydrogens is 174 g/mol. The molecule has 1 aromatic carbocycles. The van der Waals surface area contributed by atoms with E-state index in [9.17, 15) is 0 Å². The number of allylic oxidation sites excluding steroid dienone is 1. The summed E-state index contributed by atoms with van der Waals surface area (Å²) in [6.45, 7) is 0. The van der Waals surface area contributed by atoms with Crippen LogP contribution in [0.3, 0.4) is 0 Å². The molecule has 0 aliphatic carbocycles. The van der Waals surface area contributed by atoms with Crippen LogP contribution in [0.4, 0.5) is 5.69 Å². The van der Waals surface area contributed by atoms with E-state index in [2.05, 4.69) is 0 Å². The SMILES string of the molecule is Nc1cc(O)ccc1C=CCCl. The van der Waals surface area contributed by atoms with E-state index in [1.165, 1.54) is 6.07 Å². The molecule has 0 radical (unpaired) electrons. The quantitative estimate of drug-likeness (QED) is 0.546. The molecule has 0 spiro atoms. The first kappa shape index (κ1) is 8.94. The number of nitrogens with two attached hydrogens (primary N) is 1. The number of hydrogen-bond acceptors (Lipinski definition) is 2. The predicted octanol–water partition coefficient (Wildman–Crippen LogP) is 2.23. The Kier molecular flexibility index (Phi) is 3.00. The molecule has 12 heavy (non-hydrogen) atoms. The summed E-state index contributed by atoms with van der Waals surface area (Å²) in [6.07, 6.45) is 3.62. The molecule has 0 saturated heterocycles. The van der Waals surface area contributed by atoms with E-state index in [-0.39, 0.29) is 5.75 Å². The van der Waals surface area contributed by atoms with Gasteiger partial charge in [0.1, 0.15) is 5.75 Å². The Balaban J connectivity index is 2.94. The minimum atomic E-state index is 0.176. The molecule has 64 valence electrons. The molecule has 0 aliphatic heterocycles. The Bertz CT molecular complexity index is 297. The van der Waals surface area contributed by atoms with Crippen LogP contribution in [0, 0.1) is 0 Å². The van der Waals surface area contributed by atoms with Gasteiger partial charge in [0, 0.05) is 17.6 Å². The molecule has 3 heteroatoms. The lowest BCUT2D eigenvalue weighted by Gasteiger charge is -1.99. The van der Waals surface area contributed by atoms with Crippen molar-refractivity contribution in [1.29, 1.82) is 0 Å². The van der Waals surface area contributed by atoms with Crippen molar-refractivity contribution >= 4 is 23.4 Å². The summed E-state index contributed by atoms with van der Waals surface area (Å²) < 4.78 is 0. The van der Waals surface area contributed by atoms with Gasteiger partial charge in [0.05, 0.1) is 0 Å². The zero-order valence-corrected chi connectivity index (χ0v) is 7.25. The number of hydrogen-bond donors (Lipinski definition) is 2. The van der Waals surface area contributed by atoms with Crippen LogP contribution in [0.25, 0.3) is 6.08 Å². The van der Waals surface area contributed by atoms with Gasteiger partial charge in [-0.15, -0.1) is 11.6 Å². The standard InChI is InChI=1S/C9H10ClNO/c10-5-1-2-7-3-4-8(12)6-9(7)11/h1-4,6,12H,5,11H2. The fourth-order valence-corrected chi connectivity index (χ4v) is 0.975. The van der Waals surface area contributed by atoms with Gasteiger partial charge in [0.25, 0.3) is 0 Å². The molecule has 0 heterocycles. The minimum Gasteiger partial charge on any atom is -0.508 e. The first-order chi connectivity index (χ1) is 5.74. The molecule has 0 aliphatic rings. The summed E-state index contributed by atoms with van der Waals surface area (Å²) in [5.41, 5.74) is 7.03. The van der Waals surface area contributed by atoms with Crippen LogP contribution in [-0.4, -0.2) is 11.0 Å². The second kappa shape index (κ2) is 4.02. The topological polar surface area (TPSA) is 46.2 Å². The number of nitrogen functional groups attached to an aromatic ring is 1. The summed E-state index contributed by atoms with van der Waals surface area (Å²) in [7, 11) is 0. The van der Waals surface area contributed by atoms with Crippen molar-refractivity contribution in [2.24, 2.45) is 0 Å². The van der Waals surface area contributed by atoms with Crippen molar-refractivity contribution in [3.8, 4) is 5.75 Å². The summed E-state index contributed by atoms with van der Waals surface area (Å²) in [5, 5.41) is 9.03. The second-order valence-corrected chi connectivity index (χ2v) is 2.68. The summed E-state index contributed by atoms with van der Waals surface area (Å²) in [4.78, 5) is 0. The number of halogens is 1.